The number of anilines is 1. The molecule has 1 aliphatic rings. The summed E-state index contributed by atoms with van der Waals surface area (Å²) in [5.74, 6) is -0.531. The summed E-state index contributed by atoms with van der Waals surface area (Å²) < 4.78 is 11.1. The Labute approximate surface area is 175 Å². The Balaban J connectivity index is 1.76. The van der Waals surface area contributed by atoms with Crippen LogP contribution in [0.5, 0.6) is 5.75 Å². The van der Waals surface area contributed by atoms with E-state index in [4.69, 9.17) is 9.47 Å². The van der Waals surface area contributed by atoms with Gasteiger partial charge in [0.15, 0.2) is 12.4 Å². The fourth-order valence-electron chi connectivity index (χ4n) is 3.16. The minimum Gasteiger partial charge on any atom is -0.496 e. The SMILES string of the molecule is COc1ccc(C(=O)COC(=O)c2c(NC(C)=O)sc3c2CCCC3)cc1Br. The third-order valence-corrected chi connectivity index (χ3v) is 6.30. The highest BCUT2D eigenvalue weighted by Gasteiger charge is 2.27. The standard InChI is InChI=1S/C20H20BrNO5S/c1-11(23)22-19-18(13-5-3-4-6-17(13)28-19)20(25)27-10-15(24)12-7-8-16(26-2)14(21)9-12/h7-9H,3-6,10H2,1-2H3,(H,22,23). The molecule has 0 radical (unpaired) electrons. The first-order chi connectivity index (χ1) is 13.4. The minimum atomic E-state index is -0.580. The molecule has 1 amide bonds. The van der Waals surface area contributed by atoms with Gasteiger partial charge in [-0.15, -0.1) is 11.3 Å². The second-order valence-electron chi connectivity index (χ2n) is 6.44. The third kappa shape index (κ3) is 4.44. The second-order valence-corrected chi connectivity index (χ2v) is 8.40. The lowest BCUT2D eigenvalue weighted by molar-refractivity contribution is -0.114. The van der Waals surface area contributed by atoms with E-state index in [1.54, 1.807) is 18.2 Å². The zero-order chi connectivity index (χ0) is 20.3. The molecule has 0 spiro atoms. The predicted octanol–water partition coefficient (Wildman–Crippen LogP) is 4.40. The molecule has 0 unspecified atom stereocenters. The number of ketones is 1. The molecule has 0 fully saturated rings. The van der Waals surface area contributed by atoms with E-state index in [0.29, 0.717) is 26.4 Å². The van der Waals surface area contributed by atoms with E-state index in [1.807, 2.05) is 0 Å². The maximum absolute atomic E-state index is 12.7. The summed E-state index contributed by atoms with van der Waals surface area (Å²) in [6, 6.07) is 4.92. The summed E-state index contributed by atoms with van der Waals surface area (Å²) in [6.45, 7) is 1.03. The number of esters is 1. The van der Waals surface area contributed by atoms with Crippen LogP contribution < -0.4 is 10.1 Å². The van der Waals surface area contributed by atoms with Crippen molar-refractivity contribution in [3.05, 3.63) is 44.2 Å². The summed E-state index contributed by atoms with van der Waals surface area (Å²) in [4.78, 5) is 37.8. The van der Waals surface area contributed by atoms with E-state index in [2.05, 4.69) is 21.2 Å². The number of ether oxygens (including phenoxy) is 2. The van der Waals surface area contributed by atoms with E-state index in [0.717, 1.165) is 36.1 Å². The summed E-state index contributed by atoms with van der Waals surface area (Å²) in [5, 5.41) is 3.23. The number of Topliss-reactive ketones (excluding diaryl/α,β-unsaturated/α-hetero) is 1. The van der Waals surface area contributed by atoms with Gasteiger partial charge in [-0.1, -0.05) is 0 Å². The number of benzene rings is 1. The van der Waals surface area contributed by atoms with Gasteiger partial charge in [-0.3, -0.25) is 9.59 Å². The van der Waals surface area contributed by atoms with Crippen LogP contribution in [-0.2, 0) is 22.4 Å². The average molecular weight is 466 g/mol. The molecule has 0 saturated carbocycles. The summed E-state index contributed by atoms with van der Waals surface area (Å²) >= 11 is 4.75. The lowest BCUT2D eigenvalue weighted by atomic mass is 9.95. The van der Waals surface area contributed by atoms with Gasteiger partial charge in [0, 0.05) is 17.4 Å². The first-order valence-corrected chi connectivity index (χ1v) is 10.5. The summed E-state index contributed by atoms with van der Waals surface area (Å²) in [6.07, 6.45) is 3.71. The third-order valence-electron chi connectivity index (χ3n) is 4.47. The molecule has 1 N–H and O–H groups in total. The summed E-state index contributed by atoms with van der Waals surface area (Å²) in [7, 11) is 1.54. The Bertz CT molecular complexity index is 937. The van der Waals surface area contributed by atoms with Crippen molar-refractivity contribution in [2.24, 2.45) is 0 Å². The Kier molecular flexibility index (Phi) is 6.51. The van der Waals surface area contributed by atoms with Gasteiger partial charge in [0.25, 0.3) is 0 Å². The number of aryl methyl sites for hydroxylation is 1. The van der Waals surface area contributed by atoms with Gasteiger partial charge in [-0.2, -0.15) is 0 Å². The quantitative estimate of drug-likeness (QED) is 0.504. The van der Waals surface area contributed by atoms with Crippen LogP contribution in [0.25, 0.3) is 0 Å². The molecule has 8 heteroatoms. The molecule has 28 heavy (non-hydrogen) atoms. The highest BCUT2D eigenvalue weighted by Crippen LogP contribution is 2.38. The highest BCUT2D eigenvalue weighted by atomic mass is 79.9. The fraction of sp³-hybridized carbons (Fsp3) is 0.350. The molecule has 0 atom stereocenters. The van der Waals surface area contributed by atoms with E-state index in [1.165, 1.54) is 25.4 Å². The van der Waals surface area contributed by atoms with Crippen LogP contribution in [0.3, 0.4) is 0 Å². The van der Waals surface area contributed by atoms with Crippen molar-refractivity contribution in [2.45, 2.75) is 32.6 Å². The van der Waals surface area contributed by atoms with Crippen molar-refractivity contribution in [2.75, 3.05) is 19.0 Å². The van der Waals surface area contributed by atoms with Crippen LogP contribution in [0.15, 0.2) is 22.7 Å². The molecule has 0 aliphatic heterocycles. The number of amides is 1. The van der Waals surface area contributed by atoms with Crippen LogP contribution in [-0.4, -0.2) is 31.4 Å². The molecule has 6 nitrogen and oxygen atoms in total. The maximum atomic E-state index is 12.7. The van der Waals surface area contributed by atoms with Gasteiger partial charge in [0.2, 0.25) is 5.91 Å². The second kappa shape index (κ2) is 8.87. The van der Waals surface area contributed by atoms with Gasteiger partial charge in [-0.25, -0.2) is 4.79 Å². The van der Waals surface area contributed by atoms with Gasteiger partial charge in [0.1, 0.15) is 10.8 Å². The molecule has 0 saturated heterocycles. The number of methoxy groups -OCH3 is 1. The van der Waals surface area contributed by atoms with Crippen LogP contribution in [0.1, 0.15) is 50.9 Å². The number of carbonyl (C=O) groups excluding carboxylic acids is 3. The Hall–Kier alpha value is -2.19. The molecule has 3 rings (SSSR count). The van der Waals surface area contributed by atoms with E-state index in [-0.39, 0.29) is 18.3 Å². The number of thiophene rings is 1. The van der Waals surface area contributed by atoms with Crippen LogP contribution in [0.4, 0.5) is 5.00 Å². The number of hydrogen-bond donors (Lipinski definition) is 1. The van der Waals surface area contributed by atoms with Crippen LogP contribution in [0, 0.1) is 0 Å². The fourth-order valence-corrected chi connectivity index (χ4v) is 5.02. The average Bonchev–Trinajstić information content (AvgIpc) is 3.02. The Morgan fingerprint density at radius 2 is 1.96 bits per heavy atom. The lowest BCUT2D eigenvalue weighted by Gasteiger charge is -2.12. The van der Waals surface area contributed by atoms with Gasteiger partial charge >= 0.3 is 5.97 Å². The van der Waals surface area contributed by atoms with Gasteiger partial charge < -0.3 is 14.8 Å². The number of carbonyl (C=O) groups is 3. The van der Waals surface area contributed by atoms with E-state index in [9.17, 15) is 14.4 Å². The number of rotatable bonds is 6. The largest absolute Gasteiger partial charge is 0.496 e. The zero-order valence-corrected chi connectivity index (χ0v) is 18.0. The molecule has 0 bridgehead atoms. The Morgan fingerprint density at radius 3 is 2.64 bits per heavy atom. The van der Waals surface area contributed by atoms with Crippen molar-refractivity contribution >= 4 is 49.9 Å². The molecule has 1 heterocycles. The summed E-state index contributed by atoms with van der Waals surface area (Å²) in [5.41, 5.74) is 1.73. The molecule has 148 valence electrons. The molecular weight excluding hydrogens is 446 g/mol. The van der Waals surface area contributed by atoms with Crippen molar-refractivity contribution in [3.8, 4) is 5.75 Å². The molecule has 1 aliphatic carbocycles. The smallest absolute Gasteiger partial charge is 0.341 e. The number of nitrogens with one attached hydrogen (secondary N) is 1. The van der Waals surface area contributed by atoms with Crippen molar-refractivity contribution in [1.29, 1.82) is 0 Å². The monoisotopic (exact) mass is 465 g/mol. The van der Waals surface area contributed by atoms with Gasteiger partial charge in [0.05, 0.1) is 17.1 Å². The van der Waals surface area contributed by atoms with Crippen LogP contribution in [0.2, 0.25) is 0 Å². The highest BCUT2D eigenvalue weighted by molar-refractivity contribution is 9.10. The van der Waals surface area contributed by atoms with Crippen LogP contribution >= 0.6 is 27.3 Å². The number of hydrogen-bond acceptors (Lipinski definition) is 6. The molecule has 1 aromatic carbocycles. The number of fused-ring (bicyclic) bond motifs is 1. The normalized spacial score (nSPS) is 12.8. The van der Waals surface area contributed by atoms with Gasteiger partial charge in [-0.05, 0) is 65.4 Å². The minimum absolute atomic E-state index is 0.244. The molecule has 1 aromatic heterocycles. The lowest BCUT2D eigenvalue weighted by Crippen LogP contribution is -2.17. The molecule has 2 aromatic rings. The van der Waals surface area contributed by atoms with E-state index >= 15 is 0 Å². The predicted molar refractivity (Wildman–Crippen MR) is 111 cm³/mol. The topological polar surface area (TPSA) is 81.7 Å². The number of halogens is 1. The van der Waals surface area contributed by atoms with Crippen molar-refractivity contribution < 1.29 is 23.9 Å². The first kappa shape index (κ1) is 20.5. The van der Waals surface area contributed by atoms with Crippen molar-refractivity contribution in [3.63, 3.8) is 0 Å². The Morgan fingerprint density at radius 1 is 1.21 bits per heavy atom. The zero-order valence-electron chi connectivity index (χ0n) is 15.6. The molecular formula is C20H20BrNO5S. The maximum Gasteiger partial charge on any atom is 0.341 e. The first-order valence-electron chi connectivity index (χ1n) is 8.86. The van der Waals surface area contributed by atoms with E-state index < -0.39 is 5.97 Å². The van der Waals surface area contributed by atoms with Crippen molar-refractivity contribution in [1.82, 2.24) is 0 Å².